The van der Waals surface area contributed by atoms with E-state index in [0.29, 0.717) is 17.9 Å². The molecule has 0 saturated carbocycles. The number of pyridine rings is 1. The van der Waals surface area contributed by atoms with Crippen molar-refractivity contribution in [2.75, 3.05) is 49.7 Å². The van der Waals surface area contributed by atoms with Gasteiger partial charge in [-0.15, -0.1) is 11.3 Å². The molecular weight excluding hydrogens is 376 g/mol. The normalized spacial score (nSPS) is 14.4. The van der Waals surface area contributed by atoms with Crippen LogP contribution in [0.2, 0.25) is 0 Å². The summed E-state index contributed by atoms with van der Waals surface area (Å²) in [6, 6.07) is 5.79. The van der Waals surface area contributed by atoms with E-state index in [2.05, 4.69) is 19.8 Å². The number of piperazine rings is 1. The van der Waals surface area contributed by atoms with Gasteiger partial charge >= 0.3 is 5.97 Å². The Balaban J connectivity index is 1.73. The Morgan fingerprint density at radius 2 is 1.96 bits per heavy atom. The highest BCUT2D eigenvalue weighted by Gasteiger charge is 2.26. The molecule has 146 valence electrons. The van der Waals surface area contributed by atoms with Crippen LogP contribution in [-0.2, 0) is 4.74 Å². The lowest BCUT2D eigenvalue weighted by Crippen LogP contribution is -2.46. The maximum absolute atomic E-state index is 12.6. The third kappa shape index (κ3) is 3.35. The van der Waals surface area contributed by atoms with Crippen molar-refractivity contribution in [2.45, 2.75) is 6.92 Å². The summed E-state index contributed by atoms with van der Waals surface area (Å²) in [5.41, 5.74) is 3.96. The van der Waals surface area contributed by atoms with E-state index in [4.69, 9.17) is 9.47 Å². The lowest BCUT2D eigenvalue weighted by molar-refractivity contribution is 0.0526. The number of hydrogen-bond donors (Lipinski definition) is 0. The fourth-order valence-electron chi connectivity index (χ4n) is 3.56. The fourth-order valence-corrected chi connectivity index (χ4v) is 4.24. The molecule has 1 fully saturated rings. The Hall–Kier alpha value is -2.87. The van der Waals surface area contributed by atoms with Crippen molar-refractivity contribution < 1.29 is 14.3 Å². The summed E-state index contributed by atoms with van der Waals surface area (Å²) in [7, 11) is 1.63. The highest BCUT2D eigenvalue weighted by atomic mass is 32.1. The summed E-state index contributed by atoms with van der Waals surface area (Å²) < 4.78 is 10.8. The number of carbonyl (C=O) groups excluding carboxylic acids is 1. The number of para-hydroxylation sites is 1. The largest absolute Gasteiger partial charge is 0.494 e. The second-order valence-corrected chi connectivity index (χ2v) is 7.28. The standard InChI is InChI=1S/C20H22N4O3S/c1-3-27-20(25)15-11-22-18-14(5-4-6-16(18)26-2)19(15)24-9-7-23(8-10-24)17-12-21-13-28-17/h4-6,11-13H,3,7-10H2,1-2H3. The molecule has 8 heteroatoms. The first-order chi connectivity index (χ1) is 13.7. The average Bonchev–Trinajstić information content (AvgIpc) is 3.27. The molecule has 0 radical (unpaired) electrons. The molecule has 4 rings (SSSR count). The minimum atomic E-state index is -0.348. The Bertz CT molecular complexity index is 969. The lowest BCUT2D eigenvalue weighted by Gasteiger charge is -2.37. The highest BCUT2D eigenvalue weighted by molar-refractivity contribution is 7.13. The molecule has 0 atom stereocenters. The van der Waals surface area contributed by atoms with Crippen LogP contribution in [-0.4, -0.2) is 55.8 Å². The van der Waals surface area contributed by atoms with E-state index in [1.807, 2.05) is 36.8 Å². The van der Waals surface area contributed by atoms with Crippen molar-refractivity contribution in [1.29, 1.82) is 0 Å². The number of hydrogen-bond acceptors (Lipinski definition) is 8. The van der Waals surface area contributed by atoms with Gasteiger partial charge in [0.1, 0.15) is 21.8 Å². The summed E-state index contributed by atoms with van der Waals surface area (Å²) >= 11 is 1.64. The van der Waals surface area contributed by atoms with Gasteiger partial charge in [0.15, 0.2) is 0 Å². The number of methoxy groups -OCH3 is 1. The molecule has 1 saturated heterocycles. The molecule has 0 bridgehead atoms. The molecule has 1 aliphatic heterocycles. The number of ether oxygens (including phenoxy) is 2. The number of benzene rings is 1. The van der Waals surface area contributed by atoms with Gasteiger partial charge in [-0.25, -0.2) is 4.79 Å². The summed E-state index contributed by atoms with van der Waals surface area (Å²) in [5, 5.41) is 2.07. The Labute approximate surface area is 167 Å². The summed E-state index contributed by atoms with van der Waals surface area (Å²) in [6.45, 7) is 5.44. The molecule has 0 spiro atoms. The van der Waals surface area contributed by atoms with E-state index in [1.165, 1.54) is 5.00 Å². The molecule has 3 heterocycles. The summed E-state index contributed by atoms with van der Waals surface area (Å²) in [5.74, 6) is 0.345. The van der Waals surface area contributed by atoms with Crippen LogP contribution in [0, 0.1) is 0 Å². The van der Waals surface area contributed by atoms with Crippen LogP contribution < -0.4 is 14.5 Å². The van der Waals surface area contributed by atoms with Crippen molar-refractivity contribution in [3.63, 3.8) is 0 Å². The number of thiazole rings is 1. The first-order valence-corrected chi connectivity index (χ1v) is 10.1. The van der Waals surface area contributed by atoms with E-state index < -0.39 is 0 Å². The highest BCUT2D eigenvalue weighted by Crippen LogP contribution is 2.35. The minimum Gasteiger partial charge on any atom is -0.494 e. The smallest absolute Gasteiger partial charge is 0.341 e. The number of carbonyl (C=O) groups is 1. The van der Waals surface area contributed by atoms with Gasteiger partial charge in [-0.2, -0.15) is 0 Å². The Morgan fingerprint density at radius 1 is 1.18 bits per heavy atom. The van der Waals surface area contributed by atoms with Gasteiger partial charge in [-0.1, -0.05) is 12.1 Å². The van der Waals surface area contributed by atoms with Gasteiger partial charge in [0.25, 0.3) is 0 Å². The number of anilines is 2. The van der Waals surface area contributed by atoms with Crippen molar-refractivity contribution in [3.05, 3.63) is 41.7 Å². The molecule has 0 aliphatic carbocycles. The van der Waals surface area contributed by atoms with Gasteiger partial charge in [0.05, 0.1) is 31.1 Å². The number of esters is 1. The molecule has 2 aromatic heterocycles. The number of aromatic nitrogens is 2. The van der Waals surface area contributed by atoms with Crippen LogP contribution in [0.25, 0.3) is 10.9 Å². The average molecular weight is 398 g/mol. The molecule has 1 aromatic carbocycles. The molecule has 0 amide bonds. The van der Waals surface area contributed by atoms with Crippen LogP contribution in [0.3, 0.4) is 0 Å². The van der Waals surface area contributed by atoms with E-state index in [1.54, 1.807) is 24.6 Å². The molecule has 1 aliphatic rings. The zero-order valence-electron chi connectivity index (χ0n) is 15.9. The van der Waals surface area contributed by atoms with Crippen LogP contribution in [0.5, 0.6) is 5.75 Å². The molecule has 0 N–H and O–H groups in total. The maximum atomic E-state index is 12.6. The van der Waals surface area contributed by atoms with E-state index >= 15 is 0 Å². The van der Waals surface area contributed by atoms with Crippen molar-refractivity contribution >= 4 is 38.9 Å². The summed E-state index contributed by atoms with van der Waals surface area (Å²) in [4.78, 5) is 25.9. The van der Waals surface area contributed by atoms with Gasteiger partial charge in [-0.3, -0.25) is 9.97 Å². The van der Waals surface area contributed by atoms with Gasteiger partial charge in [-0.05, 0) is 13.0 Å². The van der Waals surface area contributed by atoms with Crippen LogP contribution in [0.4, 0.5) is 10.7 Å². The van der Waals surface area contributed by atoms with Crippen molar-refractivity contribution in [3.8, 4) is 5.75 Å². The topological polar surface area (TPSA) is 67.8 Å². The Morgan fingerprint density at radius 3 is 2.64 bits per heavy atom. The second-order valence-electron chi connectivity index (χ2n) is 6.41. The maximum Gasteiger partial charge on any atom is 0.341 e. The molecule has 28 heavy (non-hydrogen) atoms. The zero-order valence-corrected chi connectivity index (χ0v) is 16.7. The number of nitrogens with zero attached hydrogens (tertiary/aromatic N) is 4. The predicted molar refractivity (Wildman–Crippen MR) is 111 cm³/mol. The zero-order chi connectivity index (χ0) is 19.5. The predicted octanol–water partition coefficient (Wildman–Crippen LogP) is 3.20. The van der Waals surface area contributed by atoms with Crippen LogP contribution in [0.15, 0.2) is 36.1 Å². The Kier molecular flexibility index (Phi) is 5.29. The van der Waals surface area contributed by atoms with E-state index in [9.17, 15) is 4.79 Å². The lowest BCUT2D eigenvalue weighted by atomic mass is 10.1. The number of fused-ring (bicyclic) bond motifs is 1. The van der Waals surface area contributed by atoms with E-state index in [0.717, 1.165) is 42.8 Å². The second kappa shape index (κ2) is 8.02. The third-order valence-corrected chi connectivity index (χ3v) is 5.71. The van der Waals surface area contributed by atoms with Gasteiger partial charge < -0.3 is 19.3 Å². The van der Waals surface area contributed by atoms with Crippen LogP contribution in [0.1, 0.15) is 17.3 Å². The van der Waals surface area contributed by atoms with Gasteiger partial charge in [0, 0.05) is 37.8 Å². The quantitative estimate of drug-likeness (QED) is 0.611. The third-order valence-electron chi connectivity index (χ3n) is 4.87. The fraction of sp³-hybridized carbons (Fsp3) is 0.350. The minimum absolute atomic E-state index is 0.327. The molecule has 7 nitrogen and oxygen atoms in total. The monoisotopic (exact) mass is 398 g/mol. The van der Waals surface area contributed by atoms with Gasteiger partial charge in [0.2, 0.25) is 0 Å². The molecular formula is C20H22N4O3S. The van der Waals surface area contributed by atoms with Crippen molar-refractivity contribution in [2.24, 2.45) is 0 Å². The first-order valence-electron chi connectivity index (χ1n) is 9.24. The van der Waals surface area contributed by atoms with Crippen molar-refractivity contribution in [1.82, 2.24) is 9.97 Å². The SMILES string of the molecule is CCOC(=O)c1cnc2c(OC)cccc2c1N1CCN(c2cncs2)CC1. The van der Waals surface area contributed by atoms with Crippen LogP contribution >= 0.6 is 11.3 Å². The van der Waals surface area contributed by atoms with E-state index in [-0.39, 0.29) is 5.97 Å². The molecule has 0 unspecified atom stereocenters. The summed E-state index contributed by atoms with van der Waals surface area (Å²) in [6.07, 6.45) is 3.50. The number of rotatable bonds is 5. The first kappa shape index (κ1) is 18.5. The molecule has 3 aromatic rings.